The van der Waals surface area contributed by atoms with Crippen molar-refractivity contribution in [2.45, 2.75) is 46.5 Å². The molecule has 0 unspecified atom stereocenters. The van der Waals surface area contributed by atoms with Gasteiger partial charge >= 0.3 is 0 Å². The van der Waals surface area contributed by atoms with Crippen molar-refractivity contribution in [2.75, 3.05) is 0 Å². The van der Waals surface area contributed by atoms with E-state index in [0.29, 0.717) is 0 Å². The average Bonchev–Trinajstić information content (AvgIpc) is 3.60. The number of aryl methyl sites for hydroxylation is 2. The van der Waals surface area contributed by atoms with Crippen LogP contribution in [0.2, 0.25) is 0 Å². The van der Waals surface area contributed by atoms with Crippen molar-refractivity contribution >= 4 is 27.9 Å². The Hall–Kier alpha value is -5.92. The fourth-order valence-electron chi connectivity index (χ4n) is 8.03. The molecule has 254 valence electrons. The largest absolute Gasteiger partial charge is 0.309 e. The summed E-state index contributed by atoms with van der Waals surface area (Å²) in [4.78, 5) is 0. The molecule has 0 atom stereocenters. The summed E-state index contributed by atoms with van der Waals surface area (Å²) in [7, 11) is 0. The van der Waals surface area contributed by atoms with Crippen molar-refractivity contribution in [3.05, 3.63) is 203 Å². The number of hydrogen-bond acceptors (Lipinski definition) is 0. The molecule has 1 aliphatic carbocycles. The number of nitrogens with zero attached hydrogens (tertiary/aromatic N) is 1. The number of allylic oxidation sites excluding steroid dienone is 1. The molecule has 0 spiro atoms. The second kappa shape index (κ2) is 13.7. The van der Waals surface area contributed by atoms with Crippen molar-refractivity contribution in [3.8, 4) is 27.9 Å². The Labute approximate surface area is 308 Å². The zero-order valence-electron chi connectivity index (χ0n) is 30.8. The van der Waals surface area contributed by atoms with Crippen molar-refractivity contribution in [1.29, 1.82) is 0 Å². The molecule has 1 heteroatoms. The molecular formula is C51H45N. The maximum Gasteiger partial charge on any atom is 0.0547 e. The smallest absolute Gasteiger partial charge is 0.0547 e. The quantitative estimate of drug-likeness (QED) is 0.172. The van der Waals surface area contributed by atoms with Crippen LogP contribution in [0, 0.1) is 13.8 Å². The molecule has 9 rings (SSSR count). The lowest BCUT2D eigenvalue weighted by Gasteiger charge is -2.22. The molecule has 8 aromatic rings. The molecular weight excluding hydrogens is 627 g/mol. The normalized spacial score (nSPS) is 12.9. The fourth-order valence-corrected chi connectivity index (χ4v) is 8.03. The van der Waals surface area contributed by atoms with Gasteiger partial charge in [-0.15, -0.1) is 0 Å². The number of benzene rings is 7. The fraction of sp³-hybridized carbons (Fsp3) is 0.137. The second-order valence-corrected chi connectivity index (χ2v) is 14.7. The van der Waals surface area contributed by atoms with Crippen LogP contribution in [-0.2, 0) is 11.8 Å². The second-order valence-electron chi connectivity index (χ2n) is 14.7. The summed E-state index contributed by atoms with van der Waals surface area (Å²) in [5.41, 5.74) is 18.4. The van der Waals surface area contributed by atoms with Gasteiger partial charge in [-0.1, -0.05) is 153 Å². The first-order valence-corrected chi connectivity index (χ1v) is 18.4. The molecule has 1 heterocycles. The van der Waals surface area contributed by atoms with Gasteiger partial charge in [0.15, 0.2) is 0 Å². The number of fused-ring (bicyclic) bond motifs is 6. The zero-order chi connectivity index (χ0) is 35.8. The van der Waals surface area contributed by atoms with Crippen molar-refractivity contribution in [1.82, 2.24) is 4.57 Å². The van der Waals surface area contributed by atoms with Gasteiger partial charge in [-0.05, 0) is 119 Å². The summed E-state index contributed by atoms with van der Waals surface area (Å²) in [6.45, 7) is 11.1. The third-order valence-electron chi connectivity index (χ3n) is 10.8. The highest BCUT2D eigenvalue weighted by Gasteiger charge is 2.35. The molecule has 0 fully saturated rings. The molecule has 52 heavy (non-hydrogen) atoms. The summed E-state index contributed by atoms with van der Waals surface area (Å²) in [5.74, 6) is 0. The third kappa shape index (κ3) is 6.07. The van der Waals surface area contributed by atoms with E-state index < -0.39 is 0 Å². The van der Waals surface area contributed by atoms with Crippen molar-refractivity contribution < 1.29 is 0 Å². The summed E-state index contributed by atoms with van der Waals surface area (Å²) in [6, 6.07) is 57.7. The molecule has 1 aliphatic rings. The number of aromatic nitrogens is 1. The van der Waals surface area contributed by atoms with Gasteiger partial charge in [-0.3, -0.25) is 0 Å². The predicted octanol–water partition coefficient (Wildman–Crippen LogP) is 13.7. The van der Waals surface area contributed by atoms with Crippen molar-refractivity contribution in [2.24, 2.45) is 0 Å². The Balaban J connectivity index is 0.000000497. The summed E-state index contributed by atoms with van der Waals surface area (Å²) in [5, 5.41) is 2.58. The minimum Gasteiger partial charge on any atom is -0.309 e. The summed E-state index contributed by atoms with van der Waals surface area (Å²) < 4.78 is 2.40. The minimum atomic E-state index is 0.0287. The number of rotatable bonds is 5. The van der Waals surface area contributed by atoms with E-state index in [9.17, 15) is 0 Å². The zero-order valence-corrected chi connectivity index (χ0v) is 30.8. The Morgan fingerprint density at radius 2 is 1.17 bits per heavy atom. The highest BCUT2D eigenvalue weighted by molar-refractivity contribution is 6.11. The van der Waals surface area contributed by atoms with Crippen LogP contribution in [0.1, 0.15) is 59.7 Å². The van der Waals surface area contributed by atoms with Crippen LogP contribution < -0.4 is 0 Å². The molecule has 0 saturated carbocycles. The first-order valence-electron chi connectivity index (χ1n) is 18.4. The lowest BCUT2D eigenvalue weighted by Crippen LogP contribution is -2.15. The first-order chi connectivity index (χ1) is 25.3. The van der Waals surface area contributed by atoms with Gasteiger partial charge in [-0.25, -0.2) is 0 Å². The van der Waals surface area contributed by atoms with Crippen LogP contribution in [0.15, 0.2) is 164 Å². The van der Waals surface area contributed by atoms with Crippen LogP contribution in [0.25, 0.3) is 55.8 Å². The third-order valence-corrected chi connectivity index (χ3v) is 10.8. The molecule has 0 radical (unpaired) electrons. The molecule has 7 aromatic carbocycles. The Morgan fingerprint density at radius 3 is 1.88 bits per heavy atom. The standard InChI is InChI=1S/C44H37N.C7H8/c1-5-11-33-28-43-38(24-29(33)2)39-27-34(21-23-42(39)45(43)35-12-7-6-8-13-35)32-19-16-30(17-20-32)25-31-18-22-37-36-14-9-10-15-40(36)44(3,4)41(37)26-31;1-7-5-3-2-4-6-7/h5-24,26-28H,25H2,1-4H3;2-6H,1H3/b11-5-;. The van der Waals surface area contributed by atoms with E-state index in [2.05, 4.69) is 191 Å². The molecule has 1 nitrogen and oxygen atoms in total. The topological polar surface area (TPSA) is 4.93 Å². The SMILES string of the molecule is C/C=C\c1cc2c(cc1C)c1cc(-c3ccc(Cc4ccc5c(c4)C(C)(C)c4ccccc4-5)cc3)ccc1n2-c1ccccc1.Cc1ccccc1. The van der Waals surface area contributed by atoms with E-state index in [1.54, 1.807) is 0 Å². The van der Waals surface area contributed by atoms with Gasteiger partial charge < -0.3 is 4.57 Å². The number of hydrogen-bond donors (Lipinski definition) is 0. The van der Waals surface area contributed by atoms with E-state index in [1.807, 2.05) is 18.2 Å². The van der Waals surface area contributed by atoms with E-state index in [-0.39, 0.29) is 5.41 Å². The van der Waals surface area contributed by atoms with Gasteiger partial charge in [0, 0.05) is 21.9 Å². The van der Waals surface area contributed by atoms with Crippen LogP contribution in [-0.4, -0.2) is 4.57 Å². The Bertz CT molecular complexity index is 2560. The van der Waals surface area contributed by atoms with Crippen LogP contribution in [0.5, 0.6) is 0 Å². The lowest BCUT2D eigenvalue weighted by molar-refractivity contribution is 0.659. The van der Waals surface area contributed by atoms with Gasteiger partial charge in [0.05, 0.1) is 11.0 Å². The highest BCUT2D eigenvalue weighted by atomic mass is 15.0. The Morgan fingerprint density at radius 1 is 0.538 bits per heavy atom. The highest BCUT2D eigenvalue weighted by Crippen LogP contribution is 2.48. The summed E-state index contributed by atoms with van der Waals surface area (Å²) in [6.07, 6.45) is 5.25. The molecule has 0 amide bonds. The van der Waals surface area contributed by atoms with Gasteiger partial charge in [0.25, 0.3) is 0 Å². The average molecular weight is 672 g/mol. The van der Waals surface area contributed by atoms with Gasteiger partial charge in [-0.2, -0.15) is 0 Å². The minimum absolute atomic E-state index is 0.0287. The summed E-state index contributed by atoms with van der Waals surface area (Å²) >= 11 is 0. The van der Waals surface area contributed by atoms with E-state index in [4.69, 9.17) is 0 Å². The van der Waals surface area contributed by atoms with E-state index in [0.717, 1.165) is 6.42 Å². The first kappa shape index (κ1) is 33.2. The maximum atomic E-state index is 2.43. The van der Waals surface area contributed by atoms with Crippen LogP contribution >= 0.6 is 0 Å². The monoisotopic (exact) mass is 671 g/mol. The maximum absolute atomic E-state index is 2.43. The lowest BCUT2D eigenvalue weighted by atomic mass is 9.81. The molecule has 0 bridgehead atoms. The molecule has 0 saturated heterocycles. The Kier molecular flexibility index (Phi) is 8.73. The predicted molar refractivity (Wildman–Crippen MR) is 224 cm³/mol. The van der Waals surface area contributed by atoms with Gasteiger partial charge in [0.1, 0.15) is 0 Å². The van der Waals surface area contributed by atoms with Crippen molar-refractivity contribution in [3.63, 3.8) is 0 Å². The molecule has 1 aromatic heterocycles. The van der Waals surface area contributed by atoms with Crippen LogP contribution in [0.4, 0.5) is 0 Å². The van der Waals surface area contributed by atoms with Crippen LogP contribution in [0.3, 0.4) is 0 Å². The van der Waals surface area contributed by atoms with E-state index in [1.165, 1.54) is 88.7 Å². The van der Waals surface area contributed by atoms with E-state index >= 15 is 0 Å². The number of para-hydroxylation sites is 1. The van der Waals surface area contributed by atoms with Gasteiger partial charge in [0.2, 0.25) is 0 Å². The molecule has 0 aliphatic heterocycles. The molecule has 0 N–H and O–H groups in total.